The standard InChI is InChI=1S/C31H43N5O2/c1-26(34-19-14-32-15-20-34)27-6-8-28(9-7-27)31(37)36-23-21-35(22-24-36)29-10-12-30(13-11-29)38-25-5-18-33-16-3-2-4-17-33/h6-13,32H,1-5,14-25H2. The largest absolute Gasteiger partial charge is 0.494 e. The Labute approximate surface area is 228 Å². The first-order valence-corrected chi connectivity index (χ1v) is 14.4. The summed E-state index contributed by atoms with van der Waals surface area (Å²) in [5.41, 5.74) is 4.06. The number of hydrogen-bond acceptors (Lipinski definition) is 6. The highest BCUT2D eigenvalue weighted by atomic mass is 16.5. The van der Waals surface area contributed by atoms with E-state index in [0.29, 0.717) is 0 Å². The summed E-state index contributed by atoms with van der Waals surface area (Å²) in [5, 5.41) is 3.37. The summed E-state index contributed by atoms with van der Waals surface area (Å²) in [5.74, 6) is 1.04. The number of piperazine rings is 2. The molecule has 0 bridgehead atoms. The van der Waals surface area contributed by atoms with Crippen LogP contribution in [0, 0.1) is 0 Å². The van der Waals surface area contributed by atoms with E-state index in [0.717, 1.165) is 94.5 Å². The number of anilines is 1. The topological polar surface area (TPSA) is 51.3 Å². The number of carbonyl (C=O) groups excluding carboxylic acids is 1. The Morgan fingerprint density at radius 1 is 0.763 bits per heavy atom. The van der Waals surface area contributed by atoms with E-state index in [1.807, 2.05) is 29.2 Å². The number of rotatable bonds is 9. The second kappa shape index (κ2) is 13.2. The van der Waals surface area contributed by atoms with Crippen molar-refractivity contribution >= 4 is 17.3 Å². The van der Waals surface area contributed by atoms with Crippen LogP contribution in [0.4, 0.5) is 5.69 Å². The van der Waals surface area contributed by atoms with Gasteiger partial charge >= 0.3 is 0 Å². The average Bonchev–Trinajstić information content (AvgIpc) is 3.00. The number of nitrogens with one attached hydrogen (secondary N) is 1. The number of hydrogen-bond donors (Lipinski definition) is 1. The molecular weight excluding hydrogens is 474 g/mol. The van der Waals surface area contributed by atoms with Gasteiger partial charge in [-0.2, -0.15) is 0 Å². The summed E-state index contributed by atoms with van der Waals surface area (Å²) in [4.78, 5) is 22.3. The first-order valence-electron chi connectivity index (χ1n) is 14.4. The summed E-state index contributed by atoms with van der Waals surface area (Å²) in [6.45, 7) is 15.7. The van der Waals surface area contributed by atoms with Gasteiger partial charge < -0.3 is 29.7 Å². The fourth-order valence-corrected chi connectivity index (χ4v) is 5.69. The normalized spacial score (nSPS) is 18.9. The average molecular weight is 518 g/mol. The molecule has 5 rings (SSSR count). The van der Waals surface area contributed by atoms with Crippen LogP contribution >= 0.6 is 0 Å². The minimum Gasteiger partial charge on any atom is -0.494 e. The Balaban J connectivity index is 1.05. The highest BCUT2D eigenvalue weighted by Gasteiger charge is 2.23. The molecule has 0 aromatic heterocycles. The molecule has 3 heterocycles. The van der Waals surface area contributed by atoms with Gasteiger partial charge in [-0.05, 0) is 74.3 Å². The van der Waals surface area contributed by atoms with E-state index in [-0.39, 0.29) is 5.91 Å². The lowest BCUT2D eigenvalue weighted by Crippen LogP contribution is -2.48. The van der Waals surface area contributed by atoms with Crippen molar-refractivity contribution < 1.29 is 9.53 Å². The highest BCUT2D eigenvalue weighted by Crippen LogP contribution is 2.23. The number of piperidine rings is 1. The van der Waals surface area contributed by atoms with Crippen LogP contribution in [0.2, 0.25) is 0 Å². The molecule has 1 amide bonds. The van der Waals surface area contributed by atoms with Gasteiger partial charge in [0.25, 0.3) is 5.91 Å². The number of benzene rings is 2. The highest BCUT2D eigenvalue weighted by molar-refractivity contribution is 5.94. The van der Waals surface area contributed by atoms with Crippen LogP contribution in [-0.4, -0.2) is 99.2 Å². The van der Waals surface area contributed by atoms with E-state index in [2.05, 4.69) is 50.9 Å². The van der Waals surface area contributed by atoms with Crippen LogP contribution in [0.5, 0.6) is 5.75 Å². The Morgan fingerprint density at radius 3 is 2.11 bits per heavy atom. The maximum Gasteiger partial charge on any atom is 0.253 e. The SMILES string of the molecule is C=C(c1ccc(C(=O)N2CCN(c3ccc(OCCCN4CCCCC4)cc3)CC2)cc1)N1CCNCC1. The molecule has 3 fully saturated rings. The van der Waals surface area contributed by atoms with Gasteiger partial charge in [0.15, 0.2) is 0 Å². The number of ether oxygens (including phenoxy) is 1. The summed E-state index contributed by atoms with van der Waals surface area (Å²) in [7, 11) is 0. The van der Waals surface area contributed by atoms with Gasteiger partial charge in [0.1, 0.15) is 5.75 Å². The summed E-state index contributed by atoms with van der Waals surface area (Å²) in [6.07, 6.45) is 5.13. The lowest BCUT2D eigenvalue weighted by Gasteiger charge is -2.36. The molecule has 7 nitrogen and oxygen atoms in total. The van der Waals surface area contributed by atoms with E-state index < -0.39 is 0 Å². The number of nitrogens with zero attached hydrogens (tertiary/aromatic N) is 4. The molecular formula is C31H43N5O2. The van der Waals surface area contributed by atoms with Crippen LogP contribution in [0.15, 0.2) is 55.1 Å². The van der Waals surface area contributed by atoms with E-state index in [4.69, 9.17) is 4.74 Å². The molecule has 38 heavy (non-hydrogen) atoms. The van der Waals surface area contributed by atoms with Crippen molar-refractivity contribution in [3.63, 3.8) is 0 Å². The third kappa shape index (κ3) is 6.88. The molecule has 0 atom stereocenters. The third-order valence-electron chi connectivity index (χ3n) is 8.07. The minimum atomic E-state index is 0.109. The molecule has 0 unspecified atom stereocenters. The van der Waals surface area contributed by atoms with E-state index in [1.165, 1.54) is 38.0 Å². The minimum absolute atomic E-state index is 0.109. The second-order valence-electron chi connectivity index (χ2n) is 10.6. The van der Waals surface area contributed by atoms with Gasteiger partial charge in [-0.25, -0.2) is 0 Å². The molecule has 0 aliphatic carbocycles. The Morgan fingerprint density at radius 2 is 1.42 bits per heavy atom. The van der Waals surface area contributed by atoms with Crippen molar-refractivity contribution in [1.82, 2.24) is 20.0 Å². The number of amides is 1. The molecule has 2 aromatic carbocycles. The molecule has 1 N–H and O–H groups in total. The van der Waals surface area contributed by atoms with Gasteiger partial charge in [0.2, 0.25) is 0 Å². The van der Waals surface area contributed by atoms with Gasteiger partial charge in [-0.15, -0.1) is 0 Å². The van der Waals surface area contributed by atoms with Crippen LogP contribution in [0.25, 0.3) is 5.70 Å². The van der Waals surface area contributed by atoms with Crippen molar-refractivity contribution in [1.29, 1.82) is 0 Å². The first kappa shape index (κ1) is 26.6. The molecule has 7 heteroatoms. The molecule has 3 aliphatic rings. The summed E-state index contributed by atoms with van der Waals surface area (Å²) in [6, 6.07) is 16.4. The van der Waals surface area contributed by atoms with Gasteiger partial charge in [-0.3, -0.25) is 4.79 Å². The second-order valence-corrected chi connectivity index (χ2v) is 10.6. The molecule has 0 radical (unpaired) electrons. The van der Waals surface area contributed by atoms with Gasteiger partial charge in [0.05, 0.1) is 6.61 Å². The zero-order valence-corrected chi connectivity index (χ0v) is 22.7. The Bertz CT molecular complexity index is 1030. The quantitative estimate of drug-likeness (QED) is 0.511. The lowest BCUT2D eigenvalue weighted by atomic mass is 10.1. The summed E-state index contributed by atoms with van der Waals surface area (Å²) >= 11 is 0. The molecule has 3 saturated heterocycles. The molecule has 0 saturated carbocycles. The molecule has 204 valence electrons. The predicted octanol–water partition coefficient (Wildman–Crippen LogP) is 3.78. The van der Waals surface area contributed by atoms with E-state index >= 15 is 0 Å². The fraction of sp³-hybridized carbons (Fsp3) is 0.516. The smallest absolute Gasteiger partial charge is 0.253 e. The zero-order valence-electron chi connectivity index (χ0n) is 22.7. The fourth-order valence-electron chi connectivity index (χ4n) is 5.69. The van der Waals surface area contributed by atoms with Crippen molar-refractivity contribution in [2.24, 2.45) is 0 Å². The zero-order chi connectivity index (χ0) is 26.2. The number of likely N-dealkylation sites (tertiary alicyclic amines) is 1. The molecule has 0 spiro atoms. The van der Waals surface area contributed by atoms with Crippen molar-refractivity contribution in [2.45, 2.75) is 25.7 Å². The maximum absolute atomic E-state index is 13.1. The van der Waals surface area contributed by atoms with Crippen LogP contribution in [0.3, 0.4) is 0 Å². The molecule has 2 aromatic rings. The third-order valence-corrected chi connectivity index (χ3v) is 8.07. The van der Waals surface area contributed by atoms with Crippen LogP contribution in [-0.2, 0) is 0 Å². The number of carbonyl (C=O) groups is 1. The van der Waals surface area contributed by atoms with Crippen molar-refractivity contribution in [2.75, 3.05) is 83.5 Å². The van der Waals surface area contributed by atoms with Gasteiger partial charge in [0, 0.05) is 75.9 Å². The first-order chi connectivity index (χ1) is 18.7. The van der Waals surface area contributed by atoms with Gasteiger partial charge in [-0.1, -0.05) is 25.1 Å². The Kier molecular flexibility index (Phi) is 9.20. The van der Waals surface area contributed by atoms with Crippen LogP contribution in [0.1, 0.15) is 41.6 Å². The van der Waals surface area contributed by atoms with E-state index in [1.54, 1.807) is 0 Å². The lowest BCUT2D eigenvalue weighted by molar-refractivity contribution is 0.0747. The van der Waals surface area contributed by atoms with E-state index in [9.17, 15) is 4.79 Å². The monoisotopic (exact) mass is 517 g/mol. The van der Waals surface area contributed by atoms with Crippen LogP contribution < -0.4 is 15.0 Å². The summed E-state index contributed by atoms with van der Waals surface area (Å²) < 4.78 is 5.99. The Hall–Kier alpha value is -3.03. The van der Waals surface area contributed by atoms with Crippen molar-refractivity contribution in [3.8, 4) is 5.75 Å². The predicted molar refractivity (Wildman–Crippen MR) is 155 cm³/mol. The van der Waals surface area contributed by atoms with Crippen molar-refractivity contribution in [3.05, 3.63) is 66.2 Å². The maximum atomic E-state index is 13.1. The molecule has 3 aliphatic heterocycles.